The van der Waals surface area contributed by atoms with Crippen LogP contribution in [-0.4, -0.2) is 67.6 Å². The molecule has 0 unspecified atom stereocenters. The van der Waals surface area contributed by atoms with Gasteiger partial charge in [-0.15, -0.1) is 0 Å². The smallest absolute Gasteiger partial charge is 0.231 e. The van der Waals surface area contributed by atoms with Crippen LogP contribution in [0, 0.1) is 5.82 Å². The Balaban J connectivity index is 1.54. The third-order valence-electron chi connectivity index (χ3n) is 4.88. The highest BCUT2D eigenvalue weighted by molar-refractivity contribution is 5.75. The van der Waals surface area contributed by atoms with Crippen LogP contribution in [0.15, 0.2) is 24.3 Å². The third kappa shape index (κ3) is 4.00. The summed E-state index contributed by atoms with van der Waals surface area (Å²) in [5.74, 6) is -0.402. The maximum absolute atomic E-state index is 13.9. The van der Waals surface area contributed by atoms with E-state index in [2.05, 4.69) is 14.7 Å². The van der Waals surface area contributed by atoms with Crippen molar-refractivity contribution in [3.63, 3.8) is 0 Å². The van der Waals surface area contributed by atoms with Crippen molar-refractivity contribution >= 4 is 11.6 Å². The van der Waals surface area contributed by atoms with Gasteiger partial charge in [0.1, 0.15) is 5.82 Å². The summed E-state index contributed by atoms with van der Waals surface area (Å²) in [6, 6.07) is 7.45. The van der Waals surface area contributed by atoms with Gasteiger partial charge in [0.05, 0.1) is 12.2 Å². The molecule has 0 saturated carbocycles. The maximum Gasteiger partial charge on any atom is 0.231 e. The Morgan fingerprint density at radius 1 is 1.17 bits per heavy atom. The van der Waals surface area contributed by atoms with Crippen molar-refractivity contribution in [3.8, 4) is 0 Å². The lowest BCUT2D eigenvalue weighted by Crippen LogP contribution is -2.55. The largest absolute Gasteiger partial charge is 0.369 e. The zero-order valence-corrected chi connectivity index (χ0v) is 13.5. The van der Waals surface area contributed by atoms with Gasteiger partial charge in [0.15, 0.2) is 0 Å². The standard InChI is InChI=1S/C17H25FN4O/c18-15-5-1-2-6-16(15)22-10-8-21(9-11-22)14-4-3-7-20(12-14)13-17(19)23/h1-2,5-6,14H,3-4,7-13H2,(H2,19,23)/t14-/m0/s1. The van der Waals surface area contributed by atoms with E-state index >= 15 is 0 Å². The molecule has 1 amide bonds. The average molecular weight is 320 g/mol. The Morgan fingerprint density at radius 2 is 1.91 bits per heavy atom. The average Bonchev–Trinajstić information content (AvgIpc) is 2.55. The normalized spacial score (nSPS) is 23.9. The van der Waals surface area contributed by atoms with Crippen LogP contribution in [0.25, 0.3) is 0 Å². The Morgan fingerprint density at radius 3 is 2.61 bits per heavy atom. The minimum atomic E-state index is -0.255. The molecule has 2 aliphatic heterocycles. The van der Waals surface area contributed by atoms with Gasteiger partial charge in [-0.3, -0.25) is 14.6 Å². The maximum atomic E-state index is 13.9. The number of piperidine rings is 1. The number of likely N-dealkylation sites (tertiary alicyclic amines) is 1. The van der Waals surface area contributed by atoms with Crippen LogP contribution >= 0.6 is 0 Å². The van der Waals surface area contributed by atoms with Crippen molar-refractivity contribution in [2.75, 3.05) is 50.7 Å². The van der Waals surface area contributed by atoms with E-state index in [-0.39, 0.29) is 11.7 Å². The first-order valence-corrected chi connectivity index (χ1v) is 8.37. The van der Waals surface area contributed by atoms with E-state index in [9.17, 15) is 9.18 Å². The van der Waals surface area contributed by atoms with E-state index in [0.29, 0.717) is 18.3 Å². The molecule has 0 spiro atoms. The predicted octanol–water partition coefficient (Wildman–Crippen LogP) is 0.897. The summed E-state index contributed by atoms with van der Waals surface area (Å²) < 4.78 is 13.9. The highest BCUT2D eigenvalue weighted by atomic mass is 19.1. The van der Waals surface area contributed by atoms with E-state index in [0.717, 1.165) is 52.1 Å². The lowest BCUT2D eigenvalue weighted by atomic mass is 10.0. The second-order valence-electron chi connectivity index (χ2n) is 6.47. The fourth-order valence-electron chi connectivity index (χ4n) is 3.73. The fourth-order valence-corrected chi connectivity index (χ4v) is 3.73. The molecule has 0 radical (unpaired) electrons. The van der Waals surface area contributed by atoms with Gasteiger partial charge in [-0.2, -0.15) is 0 Å². The number of amides is 1. The summed E-state index contributed by atoms with van der Waals surface area (Å²) in [5, 5.41) is 0. The SMILES string of the molecule is NC(=O)CN1CCC[C@H](N2CCN(c3ccccc3F)CC2)C1. The Kier molecular flexibility index (Phi) is 5.13. The Labute approximate surface area is 136 Å². The highest BCUT2D eigenvalue weighted by Crippen LogP contribution is 2.22. The van der Waals surface area contributed by atoms with Gasteiger partial charge in [-0.05, 0) is 31.5 Å². The summed E-state index contributed by atoms with van der Waals surface area (Å²) in [5.41, 5.74) is 6.01. The van der Waals surface area contributed by atoms with Gasteiger partial charge in [-0.1, -0.05) is 12.1 Å². The van der Waals surface area contributed by atoms with Gasteiger partial charge in [0.25, 0.3) is 0 Å². The molecule has 2 heterocycles. The van der Waals surface area contributed by atoms with Crippen LogP contribution in [0.1, 0.15) is 12.8 Å². The topological polar surface area (TPSA) is 52.8 Å². The molecular weight excluding hydrogens is 295 g/mol. The van der Waals surface area contributed by atoms with E-state index in [1.165, 1.54) is 6.07 Å². The van der Waals surface area contributed by atoms with Crippen LogP contribution < -0.4 is 10.6 Å². The number of primary amides is 1. The number of carbonyl (C=O) groups excluding carboxylic acids is 1. The van der Waals surface area contributed by atoms with Crippen LogP contribution in [0.4, 0.5) is 10.1 Å². The lowest BCUT2D eigenvalue weighted by Gasteiger charge is -2.43. The molecule has 2 N–H and O–H groups in total. The van der Waals surface area contributed by atoms with Gasteiger partial charge in [0.2, 0.25) is 5.91 Å². The monoisotopic (exact) mass is 320 g/mol. The zero-order chi connectivity index (χ0) is 16.2. The lowest BCUT2D eigenvalue weighted by molar-refractivity contribution is -0.119. The number of anilines is 1. The molecule has 126 valence electrons. The minimum absolute atomic E-state index is 0.147. The van der Waals surface area contributed by atoms with Crippen LogP contribution in [0.3, 0.4) is 0 Å². The zero-order valence-electron chi connectivity index (χ0n) is 13.5. The van der Waals surface area contributed by atoms with E-state index in [1.807, 2.05) is 12.1 Å². The van der Waals surface area contributed by atoms with E-state index < -0.39 is 0 Å². The van der Waals surface area contributed by atoms with Gasteiger partial charge in [0, 0.05) is 38.8 Å². The number of piperazine rings is 1. The molecular formula is C17H25FN4O. The molecule has 0 aromatic heterocycles. The number of hydrogen-bond donors (Lipinski definition) is 1. The first-order valence-electron chi connectivity index (χ1n) is 8.37. The summed E-state index contributed by atoms with van der Waals surface area (Å²) in [4.78, 5) is 17.9. The number of nitrogens with two attached hydrogens (primary N) is 1. The van der Waals surface area contributed by atoms with Crippen LogP contribution in [-0.2, 0) is 4.79 Å². The van der Waals surface area contributed by atoms with Crippen molar-refractivity contribution < 1.29 is 9.18 Å². The number of benzene rings is 1. The quantitative estimate of drug-likeness (QED) is 0.895. The number of carbonyl (C=O) groups is 1. The first kappa shape index (κ1) is 16.2. The van der Waals surface area contributed by atoms with Crippen molar-refractivity contribution in [1.29, 1.82) is 0 Å². The van der Waals surface area contributed by atoms with Gasteiger partial charge in [-0.25, -0.2) is 4.39 Å². The Bertz CT molecular complexity index is 545. The number of rotatable bonds is 4. The third-order valence-corrected chi connectivity index (χ3v) is 4.88. The van der Waals surface area contributed by atoms with Crippen molar-refractivity contribution in [3.05, 3.63) is 30.1 Å². The molecule has 2 saturated heterocycles. The second kappa shape index (κ2) is 7.27. The van der Waals surface area contributed by atoms with Crippen molar-refractivity contribution in [1.82, 2.24) is 9.80 Å². The molecule has 0 bridgehead atoms. The first-order chi connectivity index (χ1) is 11.1. The van der Waals surface area contributed by atoms with Crippen molar-refractivity contribution in [2.45, 2.75) is 18.9 Å². The molecule has 3 rings (SSSR count). The molecule has 0 aliphatic carbocycles. The molecule has 23 heavy (non-hydrogen) atoms. The summed E-state index contributed by atoms with van der Waals surface area (Å²) in [6.45, 7) is 5.76. The van der Waals surface area contributed by atoms with Crippen LogP contribution in [0.2, 0.25) is 0 Å². The fraction of sp³-hybridized carbons (Fsp3) is 0.588. The summed E-state index contributed by atoms with van der Waals surface area (Å²) in [7, 11) is 0. The molecule has 6 heteroatoms. The minimum Gasteiger partial charge on any atom is -0.369 e. The second-order valence-corrected chi connectivity index (χ2v) is 6.47. The molecule has 2 fully saturated rings. The molecule has 1 aromatic carbocycles. The molecule has 5 nitrogen and oxygen atoms in total. The Hall–Kier alpha value is -1.66. The molecule has 1 atom stereocenters. The molecule has 1 aromatic rings. The van der Waals surface area contributed by atoms with E-state index in [1.54, 1.807) is 6.07 Å². The summed E-state index contributed by atoms with van der Waals surface area (Å²) >= 11 is 0. The highest BCUT2D eigenvalue weighted by Gasteiger charge is 2.29. The number of halogens is 1. The van der Waals surface area contributed by atoms with Crippen molar-refractivity contribution in [2.24, 2.45) is 5.73 Å². The van der Waals surface area contributed by atoms with Crippen LogP contribution in [0.5, 0.6) is 0 Å². The molecule has 2 aliphatic rings. The van der Waals surface area contributed by atoms with Gasteiger partial charge >= 0.3 is 0 Å². The summed E-state index contributed by atoms with van der Waals surface area (Å²) in [6.07, 6.45) is 2.26. The number of hydrogen-bond acceptors (Lipinski definition) is 4. The van der Waals surface area contributed by atoms with E-state index in [4.69, 9.17) is 5.73 Å². The predicted molar refractivity (Wildman–Crippen MR) is 88.8 cm³/mol. The van der Waals surface area contributed by atoms with Gasteiger partial charge < -0.3 is 10.6 Å². The number of nitrogens with zero attached hydrogens (tertiary/aromatic N) is 3. The number of para-hydroxylation sites is 1.